The van der Waals surface area contributed by atoms with Crippen LogP contribution in [0, 0.1) is 0 Å². The molecule has 0 aliphatic rings. The van der Waals surface area contributed by atoms with Crippen LogP contribution in [0.25, 0.3) is 10.8 Å². The Hall–Kier alpha value is -2.86. The van der Waals surface area contributed by atoms with Crippen LogP contribution in [0.15, 0.2) is 74.6 Å². The monoisotopic (exact) mass is 463 g/mol. The molecule has 0 amide bonds. The molecule has 0 saturated carbocycles. The van der Waals surface area contributed by atoms with E-state index in [0.29, 0.717) is 22.9 Å². The summed E-state index contributed by atoms with van der Waals surface area (Å²) in [5, 5.41) is 19.1. The lowest BCUT2D eigenvalue weighted by molar-refractivity contribution is 0.477. The van der Waals surface area contributed by atoms with Crippen LogP contribution in [0.2, 0.25) is 0 Å². The molecule has 0 aliphatic carbocycles. The van der Waals surface area contributed by atoms with Gasteiger partial charge >= 0.3 is 0 Å². The molecule has 0 aromatic heterocycles. The largest absolute Gasteiger partial charge is 0.506 e. The summed E-state index contributed by atoms with van der Waals surface area (Å²) in [6.45, 7) is 3.65. The Balaban J connectivity index is 1.92. The zero-order valence-electron chi connectivity index (χ0n) is 16.7. The predicted octanol–water partition coefficient (Wildman–Crippen LogP) is 4.28. The van der Waals surface area contributed by atoms with E-state index in [9.17, 15) is 26.5 Å². The molecular formula is C20H21N3O6S2. The minimum absolute atomic E-state index is 0.0949. The van der Waals surface area contributed by atoms with Crippen molar-refractivity contribution in [3.8, 4) is 5.75 Å². The SMILES string of the molecule is CCC(C)NS(=O)(=O)c1ccc(N=Nc2c(O)ccc3cc(S(=O)(=O)O)ccc23)cc1. The number of aromatic hydroxyl groups is 1. The highest BCUT2D eigenvalue weighted by Gasteiger charge is 2.16. The van der Waals surface area contributed by atoms with Crippen LogP contribution in [-0.4, -0.2) is 32.5 Å². The Morgan fingerprint density at radius 1 is 0.935 bits per heavy atom. The van der Waals surface area contributed by atoms with Crippen LogP contribution in [0.3, 0.4) is 0 Å². The molecule has 0 bridgehead atoms. The van der Waals surface area contributed by atoms with Gasteiger partial charge in [0, 0.05) is 11.4 Å². The van der Waals surface area contributed by atoms with Crippen molar-refractivity contribution >= 4 is 42.3 Å². The summed E-state index contributed by atoms with van der Waals surface area (Å²) >= 11 is 0. The van der Waals surface area contributed by atoms with E-state index in [1.165, 1.54) is 54.6 Å². The van der Waals surface area contributed by atoms with Gasteiger partial charge in [-0.1, -0.05) is 19.1 Å². The first-order chi connectivity index (χ1) is 14.5. The molecule has 0 spiro atoms. The molecule has 3 rings (SSSR count). The van der Waals surface area contributed by atoms with Crippen molar-refractivity contribution in [2.24, 2.45) is 10.2 Å². The standard InChI is InChI=1S/C20H21N3O6S2/c1-3-13(2)23-30(25,26)16-7-5-15(6-8-16)21-22-20-18-10-9-17(31(27,28)29)12-14(18)4-11-19(20)24/h4-13,23-24H,3H2,1-2H3,(H,27,28,29). The van der Waals surface area contributed by atoms with Gasteiger partial charge in [-0.3, -0.25) is 4.55 Å². The molecule has 1 atom stereocenters. The van der Waals surface area contributed by atoms with Gasteiger partial charge in [-0.05, 0) is 61.2 Å². The lowest BCUT2D eigenvalue weighted by atomic mass is 10.1. The van der Waals surface area contributed by atoms with Crippen LogP contribution in [0.4, 0.5) is 11.4 Å². The summed E-state index contributed by atoms with van der Waals surface area (Å²) in [6.07, 6.45) is 0.659. The van der Waals surface area contributed by atoms with Gasteiger partial charge in [0.25, 0.3) is 10.1 Å². The minimum Gasteiger partial charge on any atom is -0.506 e. The number of benzene rings is 3. The fourth-order valence-electron chi connectivity index (χ4n) is 2.76. The Labute approximate surface area is 180 Å². The van der Waals surface area contributed by atoms with E-state index in [2.05, 4.69) is 15.0 Å². The number of azo groups is 1. The lowest BCUT2D eigenvalue weighted by Crippen LogP contribution is -2.31. The van der Waals surface area contributed by atoms with Crippen molar-refractivity contribution in [1.29, 1.82) is 0 Å². The smallest absolute Gasteiger partial charge is 0.294 e. The van der Waals surface area contributed by atoms with Gasteiger partial charge in [0.05, 0.1) is 15.5 Å². The number of hydrogen-bond acceptors (Lipinski definition) is 7. The topological polar surface area (TPSA) is 145 Å². The molecule has 0 fully saturated rings. The van der Waals surface area contributed by atoms with Crippen molar-refractivity contribution in [3.05, 3.63) is 54.6 Å². The van der Waals surface area contributed by atoms with Crippen LogP contribution in [0.1, 0.15) is 20.3 Å². The molecule has 3 aromatic carbocycles. The highest BCUT2D eigenvalue weighted by atomic mass is 32.2. The third kappa shape index (κ3) is 5.25. The molecule has 164 valence electrons. The number of phenols is 1. The fraction of sp³-hybridized carbons (Fsp3) is 0.200. The van der Waals surface area contributed by atoms with Gasteiger partial charge in [-0.2, -0.15) is 13.5 Å². The Morgan fingerprint density at radius 2 is 1.58 bits per heavy atom. The van der Waals surface area contributed by atoms with E-state index in [0.717, 1.165) is 0 Å². The third-order valence-electron chi connectivity index (χ3n) is 4.62. The normalized spacial score (nSPS) is 13.6. The number of sulfonamides is 1. The van der Waals surface area contributed by atoms with Crippen molar-refractivity contribution in [2.45, 2.75) is 36.1 Å². The molecule has 3 aromatic rings. The summed E-state index contributed by atoms with van der Waals surface area (Å²) in [6, 6.07) is 12.3. The molecule has 0 saturated heterocycles. The average Bonchev–Trinajstić information content (AvgIpc) is 2.72. The summed E-state index contributed by atoms with van der Waals surface area (Å²) in [7, 11) is -8.01. The molecule has 9 nitrogen and oxygen atoms in total. The summed E-state index contributed by atoms with van der Waals surface area (Å²) in [4.78, 5) is -0.186. The second-order valence-corrected chi connectivity index (χ2v) is 10.1. The number of nitrogens with one attached hydrogen (secondary N) is 1. The second-order valence-electron chi connectivity index (χ2n) is 6.92. The maximum Gasteiger partial charge on any atom is 0.294 e. The Morgan fingerprint density at radius 3 is 2.19 bits per heavy atom. The van der Waals surface area contributed by atoms with E-state index in [1.807, 2.05) is 6.92 Å². The quantitative estimate of drug-likeness (QED) is 0.352. The number of nitrogens with zero attached hydrogens (tertiary/aromatic N) is 2. The minimum atomic E-state index is -4.37. The molecular weight excluding hydrogens is 442 g/mol. The maximum absolute atomic E-state index is 12.3. The molecule has 11 heteroatoms. The van der Waals surface area contributed by atoms with E-state index in [1.54, 1.807) is 6.92 Å². The van der Waals surface area contributed by atoms with Gasteiger partial charge in [-0.15, -0.1) is 5.11 Å². The fourth-order valence-corrected chi connectivity index (χ4v) is 4.60. The van der Waals surface area contributed by atoms with Gasteiger partial charge in [0.2, 0.25) is 10.0 Å². The van der Waals surface area contributed by atoms with Crippen LogP contribution in [-0.2, 0) is 20.1 Å². The molecule has 1 unspecified atom stereocenters. The summed E-state index contributed by atoms with van der Waals surface area (Å²) < 4.78 is 59.1. The van der Waals surface area contributed by atoms with E-state index in [4.69, 9.17) is 0 Å². The average molecular weight is 464 g/mol. The highest BCUT2D eigenvalue weighted by molar-refractivity contribution is 7.89. The van der Waals surface area contributed by atoms with Crippen molar-refractivity contribution in [1.82, 2.24) is 4.72 Å². The molecule has 0 heterocycles. The first kappa shape index (κ1) is 22.8. The maximum atomic E-state index is 12.3. The van der Waals surface area contributed by atoms with Gasteiger partial charge in [-0.25, -0.2) is 13.1 Å². The van der Waals surface area contributed by atoms with Gasteiger partial charge < -0.3 is 5.11 Å². The van der Waals surface area contributed by atoms with Crippen LogP contribution >= 0.6 is 0 Å². The van der Waals surface area contributed by atoms with Crippen molar-refractivity contribution in [3.63, 3.8) is 0 Å². The number of rotatable bonds is 7. The van der Waals surface area contributed by atoms with Crippen molar-refractivity contribution in [2.75, 3.05) is 0 Å². The number of hydrogen-bond donors (Lipinski definition) is 3. The lowest BCUT2D eigenvalue weighted by Gasteiger charge is -2.11. The predicted molar refractivity (Wildman–Crippen MR) is 116 cm³/mol. The third-order valence-corrected chi connectivity index (χ3v) is 7.08. The second kappa shape index (κ2) is 8.71. The first-order valence-corrected chi connectivity index (χ1v) is 12.2. The molecule has 3 N–H and O–H groups in total. The number of fused-ring (bicyclic) bond motifs is 1. The molecule has 0 aliphatic heterocycles. The zero-order valence-corrected chi connectivity index (χ0v) is 18.4. The van der Waals surface area contributed by atoms with Crippen LogP contribution in [0.5, 0.6) is 5.75 Å². The summed E-state index contributed by atoms with van der Waals surface area (Å²) in [5.41, 5.74) is 0.461. The highest BCUT2D eigenvalue weighted by Crippen LogP contribution is 2.37. The van der Waals surface area contributed by atoms with E-state index in [-0.39, 0.29) is 27.3 Å². The van der Waals surface area contributed by atoms with E-state index >= 15 is 0 Å². The molecule has 31 heavy (non-hydrogen) atoms. The number of phenolic OH excluding ortho intramolecular Hbond substituents is 1. The van der Waals surface area contributed by atoms with Gasteiger partial charge in [0.15, 0.2) is 0 Å². The van der Waals surface area contributed by atoms with Crippen molar-refractivity contribution < 1.29 is 26.5 Å². The molecule has 0 radical (unpaired) electrons. The Kier molecular flexibility index (Phi) is 6.41. The Bertz CT molecular complexity index is 1350. The zero-order chi connectivity index (χ0) is 22.8. The summed E-state index contributed by atoms with van der Waals surface area (Å²) in [5.74, 6) is -0.173. The van der Waals surface area contributed by atoms with E-state index < -0.39 is 20.1 Å². The van der Waals surface area contributed by atoms with Gasteiger partial charge in [0.1, 0.15) is 11.4 Å². The first-order valence-electron chi connectivity index (χ1n) is 9.28. The van der Waals surface area contributed by atoms with Crippen LogP contribution < -0.4 is 4.72 Å².